The Morgan fingerprint density at radius 1 is 1.06 bits per heavy atom. The Balaban J connectivity index is 2.19. The molecule has 3 nitrogen and oxygen atoms in total. The molecule has 1 heterocycles. The molecular formula is C25H27BrF6N2O. The molecule has 192 valence electrons. The molecule has 0 spiro atoms. The minimum atomic E-state index is -4.96. The molecule has 0 bridgehead atoms. The fourth-order valence-electron chi connectivity index (χ4n) is 4.75. The number of hydrogen-bond acceptors (Lipinski definition) is 2. The lowest BCUT2D eigenvalue weighted by molar-refractivity contribution is -0.143. The van der Waals surface area contributed by atoms with Gasteiger partial charge in [-0.3, -0.25) is 4.79 Å². The Morgan fingerprint density at radius 2 is 1.63 bits per heavy atom. The maximum absolute atomic E-state index is 13.4. The van der Waals surface area contributed by atoms with E-state index in [-0.39, 0.29) is 30.0 Å². The summed E-state index contributed by atoms with van der Waals surface area (Å²) in [5, 5.41) is 3.37. The topological polar surface area (TPSA) is 32.3 Å². The fourth-order valence-corrected chi connectivity index (χ4v) is 5.48. The second-order valence-electron chi connectivity index (χ2n) is 9.34. The normalized spacial score (nSPS) is 18.6. The van der Waals surface area contributed by atoms with Gasteiger partial charge in [-0.25, -0.2) is 0 Å². The summed E-state index contributed by atoms with van der Waals surface area (Å²) in [6.45, 7) is 7.40. The number of nitrogens with zero attached hydrogens (tertiary/aromatic N) is 1. The van der Waals surface area contributed by atoms with Gasteiger partial charge < -0.3 is 10.2 Å². The van der Waals surface area contributed by atoms with Crippen molar-refractivity contribution in [2.45, 2.75) is 59.1 Å². The summed E-state index contributed by atoms with van der Waals surface area (Å²) in [5.41, 5.74) is -0.550. The summed E-state index contributed by atoms with van der Waals surface area (Å²) < 4.78 is 81.4. The summed E-state index contributed by atoms with van der Waals surface area (Å²) in [6.07, 6.45) is -9.25. The average Bonchev–Trinajstić information content (AvgIpc) is 2.90. The average molecular weight is 565 g/mol. The number of fused-ring (bicyclic) bond motifs is 1. The highest BCUT2D eigenvalue weighted by Crippen LogP contribution is 2.45. The lowest BCUT2D eigenvalue weighted by Gasteiger charge is -2.39. The van der Waals surface area contributed by atoms with E-state index in [4.69, 9.17) is 0 Å². The van der Waals surface area contributed by atoms with Crippen LogP contribution in [0, 0.1) is 18.8 Å². The van der Waals surface area contributed by atoms with E-state index in [1.807, 2.05) is 32.9 Å². The highest BCUT2D eigenvalue weighted by Gasteiger charge is 2.39. The SMILES string of the molecule is CC(=O)N(Cc1cc(C(F)(F)F)cc(C(F)(F)F)c1)C1c2cc(C)cc(Br)c2NCCC1C(C)C. The monoisotopic (exact) mass is 564 g/mol. The molecule has 2 atom stereocenters. The molecule has 2 unspecified atom stereocenters. The van der Waals surface area contributed by atoms with Crippen LogP contribution in [-0.2, 0) is 23.7 Å². The van der Waals surface area contributed by atoms with Crippen LogP contribution >= 0.6 is 15.9 Å². The van der Waals surface area contributed by atoms with Gasteiger partial charge in [-0.2, -0.15) is 26.3 Å². The quantitative estimate of drug-likeness (QED) is 0.382. The predicted molar refractivity (Wildman–Crippen MR) is 126 cm³/mol. The van der Waals surface area contributed by atoms with Crippen LogP contribution in [0.25, 0.3) is 0 Å². The molecule has 0 saturated heterocycles. The van der Waals surface area contributed by atoms with Crippen LogP contribution in [0.3, 0.4) is 0 Å². The first-order chi connectivity index (χ1) is 16.1. The molecule has 35 heavy (non-hydrogen) atoms. The van der Waals surface area contributed by atoms with Crippen molar-refractivity contribution in [2.24, 2.45) is 11.8 Å². The highest BCUT2D eigenvalue weighted by molar-refractivity contribution is 9.10. The minimum absolute atomic E-state index is 0.0748. The van der Waals surface area contributed by atoms with E-state index in [0.717, 1.165) is 21.3 Å². The van der Waals surface area contributed by atoms with Gasteiger partial charge in [0.1, 0.15) is 0 Å². The van der Waals surface area contributed by atoms with Gasteiger partial charge in [0.15, 0.2) is 0 Å². The van der Waals surface area contributed by atoms with Crippen LogP contribution in [0.2, 0.25) is 0 Å². The summed E-state index contributed by atoms with van der Waals surface area (Å²) in [6, 6.07) is 4.78. The number of aryl methyl sites for hydroxylation is 1. The molecule has 10 heteroatoms. The van der Waals surface area contributed by atoms with Crippen LogP contribution in [0.1, 0.15) is 61.1 Å². The number of hydrogen-bond donors (Lipinski definition) is 1. The van der Waals surface area contributed by atoms with Gasteiger partial charge in [-0.1, -0.05) is 19.9 Å². The van der Waals surface area contributed by atoms with E-state index in [1.165, 1.54) is 11.8 Å². The van der Waals surface area contributed by atoms with Crippen molar-refractivity contribution in [2.75, 3.05) is 11.9 Å². The Hall–Kier alpha value is -2.23. The number of anilines is 1. The van der Waals surface area contributed by atoms with Crippen molar-refractivity contribution in [3.05, 3.63) is 62.6 Å². The second-order valence-corrected chi connectivity index (χ2v) is 10.2. The van der Waals surface area contributed by atoms with Gasteiger partial charge in [-0.05, 0) is 82.1 Å². The first kappa shape index (κ1) is 27.4. The smallest absolute Gasteiger partial charge is 0.384 e. The van der Waals surface area contributed by atoms with Gasteiger partial charge in [0.2, 0.25) is 5.91 Å². The van der Waals surface area contributed by atoms with Crippen molar-refractivity contribution in [1.82, 2.24) is 4.90 Å². The zero-order chi connectivity index (χ0) is 26.3. The van der Waals surface area contributed by atoms with E-state index < -0.39 is 35.4 Å². The number of amides is 1. The number of carbonyl (C=O) groups is 1. The van der Waals surface area contributed by atoms with Gasteiger partial charge in [0.05, 0.1) is 22.9 Å². The second kappa shape index (κ2) is 10.0. The minimum Gasteiger partial charge on any atom is -0.384 e. The Kier molecular flexibility index (Phi) is 7.84. The van der Waals surface area contributed by atoms with Crippen LogP contribution < -0.4 is 5.32 Å². The zero-order valence-corrected chi connectivity index (χ0v) is 21.3. The Bertz CT molecular complexity index is 1060. The van der Waals surface area contributed by atoms with Gasteiger partial charge in [-0.15, -0.1) is 0 Å². The van der Waals surface area contributed by atoms with Crippen molar-refractivity contribution < 1.29 is 31.1 Å². The van der Waals surface area contributed by atoms with E-state index >= 15 is 0 Å². The molecule has 0 radical (unpaired) electrons. The lowest BCUT2D eigenvalue weighted by atomic mass is 9.81. The first-order valence-electron chi connectivity index (χ1n) is 11.2. The van der Waals surface area contributed by atoms with Crippen molar-refractivity contribution in [3.8, 4) is 0 Å². The molecule has 1 amide bonds. The third-order valence-electron chi connectivity index (χ3n) is 6.37. The summed E-state index contributed by atoms with van der Waals surface area (Å²) in [5.74, 6) is -0.410. The Labute approximate surface area is 209 Å². The number of nitrogens with one attached hydrogen (secondary N) is 1. The van der Waals surface area contributed by atoms with Crippen LogP contribution in [0.4, 0.5) is 32.0 Å². The van der Waals surface area contributed by atoms with Crippen molar-refractivity contribution >= 4 is 27.5 Å². The molecule has 2 aromatic rings. The number of carbonyl (C=O) groups excluding carboxylic acids is 1. The molecule has 0 aromatic heterocycles. The largest absolute Gasteiger partial charge is 0.416 e. The van der Waals surface area contributed by atoms with Crippen LogP contribution in [-0.4, -0.2) is 17.4 Å². The third kappa shape index (κ3) is 6.13. The molecule has 1 aliphatic heterocycles. The first-order valence-corrected chi connectivity index (χ1v) is 12.0. The summed E-state index contributed by atoms with van der Waals surface area (Å²) >= 11 is 3.55. The number of alkyl halides is 6. The number of halogens is 7. The number of benzene rings is 2. The molecular weight excluding hydrogens is 538 g/mol. The van der Waals surface area contributed by atoms with Gasteiger partial charge >= 0.3 is 12.4 Å². The molecule has 0 saturated carbocycles. The fraction of sp³-hybridized carbons (Fsp3) is 0.480. The molecule has 0 fully saturated rings. The Morgan fingerprint density at radius 3 is 2.11 bits per heavy atom. The molecule has 2 aromatic carbocycles. The summed E-state index contributed by atoms with van der Waals surface area (Å²) in [4.78, 5) is 14.3. The zero-order valence-electron chi connectivity index (χ0n) is 19.7. The van der Waals surface area contributed by atoms with E-state index in [1.54, 1.807) is 0 Å². The standard InChI is InChI=1S/C25H27BrF6N2O/c1-13(2)19-5-6-33-22-20(7-14(3)8-21(22)26)23(19)34(15(4)35)12-16-9-17(24(27,28)29)11-18(10-16)25(30,31)32/h7-11,13,19,23,33H,5-6,12H2,1-4H3. The highest BCUT2D eigenvalue weighted by atomic mass is 79.9. The van der Waals surface area contributed by atoms with E-state index in [2.05, 4.69) is 21.2 Å². The molecule has 0 aliphatic carbocycles. The van der Waals surface area contributed by atoms with Crippen LogP contribution in [0.5, 0.6) is 0 Å². The lowest BCUT2D eigenvalue weighted by Crippen LogP contribution is -2.38. The maximum atomic E-state index is 13.4. The van der Waals surface area contributed by atoms with Crippen molar-refractivity contribution in [3.63, 3.8) is 0 Å². The van der Waals surface area contributed by atoms with Gasteiger partial charge in [0, 0.05) is 24.5 Å². The van der Waals surface area contributed by atoms with Gasteiger partial charge in [0.25, 0.3) is 0 Å². The van der Waals surface area contributed by atoms with E-state index in [0.29, 0.717) is 25.1 Å². The third-order valence-corrected chi connectivity index (χ3v) is 6.99. The molecule has 1 N–H and O–H groups in total. The summed E-state index contributed by atoms with van der Waals surface area (Å²) in [7, 11) is 0. The van der Waals surface area contributed by atoms with Crippen molar-refractivity contribution in [1.29, 1.82) is 0 Å². The molecule has 1 aliphatic rings. The van der Waals surface area contributed by atoms with Crippen LogP contribution in [0.15, 0.2) is 34.8 Å². The number of rotatable bonds is 4. The predicted octanol–water partition coefficient (Wildman–Crippen LogP) is 7.97. The maximum Gasteiger partial charge on any atom is 0.416 e. The van der Waals surface area contributed by atoms with E-state index in [9.17, 15) is 31.1 Å². The molecule has 3 rings (SSSR count).